The molecule has 0 bridgehead atoms. The van der Waals surface area contributed by atoms with Crippen molar-refractivity contribution >= 4 is 34.6 Å². The molecule has 2 heterocycles. The predicted molar refractivity (Wildman–Crippen MR) is 145 cm³/mol. The normalized spacial score (nSPS) is 11.9. The molecule has 2 aromatic heterocycles. The van der Waals surface area contributed by atoms with E-state index in [1.807, 2.05) is 17.6 Å². The van der Waals surface area contributed by atoms with Crippen LogP contribution in [0.2, 0.25) is 0 Å². The number of amides is 3. The standard InChI is InChI=1S/C27H33FN6O5/c1-6-34-20(16-18-15-19(28)11-12-21(18)34)17-33-14-13-29-24(26(33)37)30-25(36)22(39-27(38)32(4)5)9-7-8-10-23(35)31(2)3/h8,10-16,22H,6-7,9,17H2,1-5H3,(H,29,30,36)/b10-8+. The third kappa shape index (κ3) is 7.30. The van der Waals surface area contributed by atoms with Gasteiger partial charge in [-0.3, -0.25) is 14.4 Å². The lowest BCUT2D eigenvalue weighted by Gasteiger charge is -2.19. The average Bonchev–Trinajstić information content (AvgIpc) is 3.23. The first kappa shape index (κ1) is 29.1. The van der Waals surface area contributed by atoms with Crippen molar-refractivity contribution in [2.24, 2.45) is 0 Å². The summed E-state index contributed by atoms with van der Waals surface area (Å²) in [6.07, 6.45) is 4.21. The maximum Gasteiger partial charge on any atom is 0.410 e. The van der Waals surface area contributed by atoms with Gasteiger partial charge in [0, 0.05) is 63.7 Å². The molecule has 0 saturated carbocycles. The summed E-state index contributed by atoms with van der Waals surface area (Å²) in [5.41, 5.74) is 1.07. The van der Waals surface area contributed by atoms with Gasteiger partial charge in [-0.2, -0.15) is 0 Å². The zero-order valence-electron chi connectivity index (χ0n) is 22.7. The van der Waals surface area contributed by atoms with Crippen molar-refractivity contribution in [3.8, 4) is 0 Å². The lowest BCUT2D eigenvalue weighted by atomic mass is 10.1. The summed E-state index contributed by atoms with van der Waals surface area (Å²) < 4.78 is 22.4. The van der Waals surface area contributed by atoms with Gasteiger partial charge in [-0.1, -0.05) is 6.08 Å². The van der Waals surface area contributed by atoms with Crippen LogP contribution in [-0.2, 0) is 27.4 Å². The molecule has 0 fully saturated rings. The van der Waals surface area contributed by atoms with Crippen molar-refractivity contribution in [3.63, 3.8) is 0 Å². The van der Waals surface area contributed by atoms with E-state index in [0.717, 1.165) is 16.6 Å². The molecule has 12 heteroatoms. The molecule has 0 saturated heterocycles. The lowest BCUT2D eigenvalue weighted by molar-refractivity contribution is -0.125. The number of aryl methyl sites for hydroxylation is 1. The number of nitrogens with zero attached hydrogens (tertiary/aromatic N) is 5. The summed E-state index contributed by atoms with van der Waals surface area (Å²) in [5.74, 6) is -1.52. The van der Waals surface area contributed by atoms with E-state index in [1.54, 1.807) is 26.2 Å². The van der Waals surface area contributed by atoms with E-state index >= 15 is 0 Å². The molecule has 0 aliphatic heterocycles. The Bertz CT molecular complexity index is 1440. The van der Waals surface area contributed by atoms with E-state index in [2.05, 4.69) is 10.3 Å². The molecule has 208 valence electrons. The minimum atomic E-state index is -1.23. The third-order valence-electron chi connectivity index (χ3n) is 5.95. The summed E-state index contributed by atoms with van der Waals surface area (Å²) in [4.78, 5) is 56.7. The number of allylic oxidation sites excluding steroid dienone is 1. The van der Waals surface area contributed by atoms with Crippen LogP contribution in [0.4, 0.5) is 15.0 Å². The van der Waals surface area contributed by atoms with Crippen LogP contribution < -0.4 is 10.9 Å². The number of halogens is 1. The highest BCUT2D eigenvalue weighted by atomic mass is 19.1. The molecule has 1 N–H and O–H groups in total. The quantitative estimate of drug-likeness (QED) is 0.395. The van der Waals surface area contributed by atoms with Crippen LogP contribution in [0.3, 0.4) is 0 Å². The van der Waals surface area contributed by atoms with Gasteiger partial charge in [-0.15, -0.1) is 0 Å². The Morgan fingerprint density at radius 1 is 1.15 bits per heavy atom. The second-order valence-electron chi connectivity index (χ2n) is 9.26. The minimum Gasteiger partial charge on any atom is -0.436 e. The van der Waals surface area contributed by atoms with E-state index in [-0.39, 0.29) is 36.9 Å². The van der Waals surface area contributed by atoms with Gasteiger partial charge in [-0.25, -0.2) is 14.2 Å². The Kier molecular flexibility index (Phi) is 9.58. The number of carbonyl (C=O) groups is 3. The third-order valence-corrected chi connectivity index (χ3v) is 5.95. The fraction of sp³-hybridized carbons (Fsp3) is 0.370. The highest BCUT2D eigenvalue weighted by Crippen LogP contribution is 2.22. The van der Waals surface area contributed by atoms with Gasteiger partial charge < -0.3 is 29.0 Å². The van der Waals surface area contributed by atoms with Crippen LogP contribution in [0, 0.1) is 5.82 Å². The second-order valence-corrected chi connectivity index (χ2v) is 9.26. The van der Waals surface area contributed by atoms with Gasteiger partial charge in [0.25, 0.3) is 11.5 Å². The number of aromatic nitrogens is 3. The molecular formula is C27H33FN6O5. The largest absolute Gasteiger partial charge is 0.436 e. The van der Waals surface area contributed by atoms with Crippen LogP contribution in [0.25, 0.3) is 10.9 Å². The molecule has 1 atom stereocenters. The number of rotatable bonds is 10. The number of ether oxygens (including phenoxy) is 1. The van der Waals surface area contributed by atoms with Crippen molar-refractivity contribution in [1.82, 2.24) is 23.9 Å². The topological polar surface area (TPSA) is 119 Å². The summed E-state index contributed by atoms with van der Waals surface area (Å²) in [6.45, 7) is 2.73. The van der Waals surface area contributed by atoms with E-state index in [9.17, 15) is 23.6 Å². The van der Waals surface area contributed by atoms with Crippen molar-refractivity contribution in [1.29, 1.82) is 0 Å². The smallest absolute Gasteiger partial charge is 0.410 e. The lowest BCUT2D eigenvalue weighted by Crippen LogP contribution is -2.38. The monoisotopic (exact) mass is 540 g/mol. The number of likely N-dealkylation sites (N-methyl/N-ethyl adjacent to an activating group) is 1. The van der Waals surface area contributed by atoms with Crippen molar-refractivity contribution in [2.45, 2.75) is 39.0 Å². The molecule has 3 amide bonds. The summed E-state index contributed by atoms with van der Waals surface area (Å²) in [7, 11) is 6.19. The van der Waals surface area contributed by atoms with Crippen LogP contribution in [-0.4, -0.2) is 76.1 Å². The zero-order chi connectivity index (χ0) is 28.7. The molecule has 39 heavy (non-hydrogen) atoms. The highest BCUT2D eigenvalue weighted by Gasteiger charge is 2.25. The van der Waals surface area contributed by atoms with Gasteiger partial charge in [-0.05, 0) is 50.1 Å². The molecule has 1 unspecified atom stereocenters. The van der Waals surface area contributed by atoms with Gasteiger partial charge in [0.2, 0.25) is 5.91 Å². The maximum atomic E-state index is 13.7. The van der Waals surface area contributed by atoms with Gasteiger partial charge in [0.15, 0.2) is 11.9 Å². The second kappa shape index (κ2) is 12.9. The van der Waals surface area contributed by atoms with Gasteiger partial charge >= 0.3 is 6.09 Å². The molecule has 11 nitrogen and oxygen atoms in total. The predicted octanol–water partition coefficient (Wildman–Crippen LogP) is 2.84. The van der Waals surface area contributed by atoms with E-state index in [0.29, 0.717) is 6.54 Å². The molecule has 3 rings (SSSR count). The molecule has 0 aliphatic carbocycles. The fourth-order valence-electron chi connectivity index (χ4n) is 3.88. The molecule has 0 spiro atoms. The average molecular weight is 541 g/mol. The Labute approximate surface area is 225 Å². The van der Waals surface area contributed by atoms with E-state index in [4.69, 9.17) is 4.74 Å². The molecule has 0 radical (unpaired) electrons. The Morgan fingerprint density at radius 3 is 2.56 bits per heavy atom. The Hall–Kier alpha value is -4.48. The molecular weight excluding hydrogens is 507 g/mol. The first-order valence-electron chi connectivity index (χ1n) is 12.4. The molecule has 0 aliphatic rings. The summed E-state index contributed by atoms with van der Waals surface area (Å²) in [5, 5.41) is 3.19. The van der Waals surface area contributed by atoms with Crippen LogP contribution >= 0.6 is 0 Å². The summed E-state index contributed by atoms with van der Waals surface area (Å²) >= 11 is 0. The van der Waals surface area contributed by atoms with E-state index in [1.165, 1.54) is 59.1 Å². The van der Waals surface area contributed by atoms with Crippen LogP contribution in [0.5, 0.6) is 0 Å². The number of benzene rings is 1. The van der Waals surface area contributed by atoms with Crippen molar-refractivity contribution < 1.29 is 23.5 Å². The molecule has 1 aromatic carbocycles. The number of anilines is 1. The van der Waals surface area contributed by atoms with Crippen molar-refractivity contribution in [2.75, 3.05) is 33.5 Å². The number of hydrogen-bond donors (Lipinski definition) is 1. The number of nitrogens with one attached hydrogen (secondary N) is 1. The Morgan fingerprint density at radius 2 is 1.90 bits per heavy atom. The SMILES string of the molecule is CCn1c(Cn2ccnc(NC(=O)C(CC/C=C/C(=O)N(C)C)OC(=O)N(C)C)c2=O)cc2cc(F)ccc21. The highest BCUT2D eigenvalue weighted by molar-refractivity contribution is 5.94. The van der Waals surface area contributed by atoms with E-state index < -0.39 is 23.7 Å². The van der Waals surface area contributed by atoms with Gasteiger partial charge in [0.1, 0.15) is 5.82 Å². The number of fused-ring (bicyclic) bond motifs is 1. The fourth-order valence-corrected chi connectivity index (χ4v) is 3.88. The first-order valence-corrected chi connectivity index (χ1v) is 12.4. The Balaban J connectivity index is 1.80. The molecule has 3 aromatic rings. The summed E-state index contributed by atoms with van der Waals surface area (Å²) in [6, 6.07) is 6.34. The first-order chi connectivity index (χ1) is 18.5. The maximum absolute atomic E-state index is 13.7. The van der Waals surface area contributed by atoms with Crippen LogP contribution in [0.15, 0.2) is 53.6 Å². The van der Waals surface area contributed by atoms with Crippen molar-refractivity contribution in [3.05, 3.63) is 70.7 Å². The van der Waals surface area contributed by atoms with Crippen LogP contribution in [0.1, 0.15) is 25.5 Å². The number of carbonyl (C=O) groups excluding carboxylic acids is 3. The number of hydrogen-bond acceptors (Lipinski definition) is 6. The minimum absolute atomic E-state index is 0.0802. The zero-order valence-corrected chi connectivity index (χ0v) is 22.7. The van der Waals surface area contributed by atoms with Gasteiger partial charge in [0.05, 0.1) is 6.54 Å².